The van der Waals surface area contributed by atoms with Gasteiger partial charge in [-0.3, -0.25) is 4.90 Å². The molecule has 1 aliphatic rings. The van der Waals surface area contributed by atoms with Gasteiger partial charge in [-0.15, -0.1) is 0 Å². The maximum absolute atomic E-state index is 3.52. The second kappa shape index (κ2) is 6.61. The van der Waals surface area contributed by atoms with Gasteiger partial charge in [0.15, 0.2) is 0 Å². The van der Waals surface area contributed by atoms with Crippen LogP contribution in [0.3, 0.4) is 0 Å². The van der Waals surface area contributed by atoms with Crippen LogP contribution in [0.5, 0.6) is 0 Å². The summed E-state index contributed by atoms with van der Waals surface area (Å²) >= 11 is 0. The Bertz CT molecular complexity index is 187. The highest BCUT2D eigenvalue weighted by Crippen LogP contribution is 2.30. The van der Waals surface area contributed by atoms with E-state index >= 15 is 0 Å². The third-order valence-corrected chi connectivity index (χ3v) is 3.41. The van der Waals surface area contributed by atoms with Crippen LogP contribution in [-0.4, -0.2) is 36.1 Å². The van der Waals surface area contributed by atoms with Crippen molar-refractivity contribution in [2.75, 3.05) is 13.1 Å². The Morgan fingerprint density at radius 1 is 1.19 bits per heavy atom. The minimum Gasteiger partial charge on any atom is -0.314 e. The van der Waals surface area contributed by atoms with Crippen molar-refractivity contribution in [2.24, 2.45) is 5.92 Å². The number of hydrogen-bond acceptors (Lipinski definition) is 2. The Balaban J connectivity index is 2.37. The van der Waals surface area contributed by atoms with E-state index in [2.05, 4.69) is 44.8 Å². The molecule has 2 atom stereocenters. The first kappa shape index (κ1) is 14.0. The molecule has 1 fully saturated rings. The second-order valence-corrected chi connectivity index (χ2v) is 5.87. The van der Waals surface area contributed by atoms with Crippen LogP contribution in [0.2, 0.25) is 0 Å². The van der Waals surface area contributed by atoms with Gasteiger partial charge in [0.05, 0.1) is 0 Å². The lowest BCUT2D eigenvalue weighted by Crippen LogP contribution is -2.41. The smallest absolute Gasteiger partial charge is 0.00993 e. The number of hydrogen-bond donors (Lipinski definition) is 1. The van der Waals surface area contributed by atoms with E-state index in [4.69, 9.17) is 0 Å². The molecule has 0 saturated heterocycles. The Labute approximate surface area is 102 Å². The molecule has 1 N–H and O–H groups in total. The average Bonchev–Trinajstić information content (AvgIpc) is 2.97. The van der Waals surface area contributed by atoms with Crippen molar-refractivity contribution in [3.05, 3.63) is 0 Å². The first-order chi connectivity index (χ1) is 7.54. The molecular formula is C14H30N2. The largest absolute Gasteiger partial charge is 0.314 e. The highest BCUT2D eigenvalue weighted by Gasteiger charge is 2.32. The van der Waals surface area contributed by atoms with Crippen LogP contribution in [0.4, 0.5) is 0 Å². The number of nitrogens with zero attached hydrogens (tertiary/aromatic N) is 1. The molecular weight excluding hydrogens is 196 g/mol. The molecule has 0 radical (unpaired) electrons. The zero-order chi connectivity index (χ0) is 12.1. The molecule has 0 aromatic rings. The summed E-state index contributed by atoms with van der Waals surface area (Å²) in [7, 11) is 0. The molecule has 0 aromatic carbocycles. The van der Waals surface area contributed by atoms with Crippen LogP contribution in [0.25, 0.3) is 0 Å². The van der Waals surface area contributed by atoms with Crippen LogP contribution in [0.15, 0.2) is 0 Å². The maximum Gasteiger partial charge on any atom is 0.00993 e. The fraction of sp³-hybridized carbons (Fsp3) is 1.00. The average molecular weight is 226 g/mol. The lowest BCUT2D eigenvalue weighted by molar-refractivity contribution is 0.160. The van der Waals surface area contributed by atoms with E-state index in [1.807, 2.05) is 0 Å². The summed E-state index contributed by atoms with van der Waals surface area (Å²) in [6.45, 7) is 13.9. The van der Waals surface area contributed by atoms with Gasteiger partial charge in [-0.25, -0.2) is 0 Å². The summed E-state index contributed by atoms with van der Waals surface area (Å²) in [6, 6.07) is 2.27. The van der Waals surface area contributed by atoms with Crippen molar-refractivity contribution in [3.63, 3.8) is 0 Å². The van der Waals surface area contributed by atoms with Crippen LogP contribution < -0.4 is 5.32 Å². The summed E-state index contributed by atoms with van der Waals surface area (Å²) in [4.78, 5) is 2.73. The normalized spacial score (nSPS) is 20.4. The van der Waals surface area contributed by atoms with Crippen molar-refractivity contribution in [1.82, 2.24) is 10.2 Å². The van der Waals surface area contributed by atoms with E-state index in [1.54, 1.807) is 0 Å². The molecule has 0 spiro atoms. The fourth-order valence-electron chi connectivity index (χ4n) is 2.60. The van der Waals surface area contributed by atoms with E-state index in [-0.39, 0.29) is 0 Å². The van der Waals surface area contributed by atoms with Crippen molar-refractivity contribution in [3.8, 4) is 0 Å². The third-order valence-electron chi connectivity index (χ3n) is 3.41. The van der Waals surface area contributed by atoms with Crippen molar-refractivity contribution >= 4 is 0 Å². The van der Waals surface area contributed by atoms with Gasteiger partial charge < -0.3 is 5.32 Å². The molecule has 96 valence electrons. The zero-order valence-electron chi connectivity index (χ0n) is 11.8. The van der Waals surface area contributed by atoms with Gasteiger partial charge in [-0.05, 0) is 45.6 Å². The molecule has 2 unspecified atom stereocenters. The van der Waals surface area contributed by atoms with Gasteiger partial charge in [-0.2, -0.15) is 0 Å². The van der Waals surface area contributed by atoms with E-state index in [1.165, 1.54) is 25.8 Å². The molecule has 0 heterocycles. The molecule has 2 nitrogen and oxygen atoms in total. The molecule has 1 aliphatic carbocycles. The summed E-state index contributed by atoms with van der Waals surface area (Å²) in [5.41, 5.74) is 0. The predicted molar refractivity (Wildman–Crippen MR) is 71.8 cm³/mol. The minimum absolute atomic E-state index is 0.647. The van der Waals surface area contributed by atoms with E-state index in [9.17, 15) is 0 Å². The van der Waals surface area contributed by atoms with E-state index in [0.717, 1.165) is 24.5 Å². The summed E-state index contributed by atoms with van der Waals surface area (Å²) < 4.78 is 0. The van der Waals surface area contributed by atoms with Crippen molar-refractivity contribution in [1.29, 1.82) is 0 Å². The van der Waals surface area contributed by atoms with E-state index in [0.29, 0.717) is 6.04 Å². The highest BCUT2D eigenvalue weighted by atomic mass is 15.2. The summed E-state index contributed by atoms with van der Waals surface area (Å²) in [5, 5.41) is 3.52. The van der Waals surface area contributed by atoms with Gasteiger partial charge >= 0.3 is 0 Å². The Kier molecular flexibility index (Phi) is 5.77. The molecule has 1 saturated carbocycles. The molecule has 16 heavy (non-hydrogen) atoms. The van der Waals surface area contributed by atoms with Gasteiger partial charge in [0, 0.05) is 24.7 Å². The minimum atomic E-state index is 0.647. The Morgan fingerprint density at radius 3 is 2.25 bits per heavy atom. The maximum atomic E-state index is 3.52. The Morgan fingerprint density at radius 2 is 1.81 bits per heavy atom. The quantitative estimate of drug-likeness (QED) is 0.684. The second-order valence-electron chi connectivity index (χ2n) is 5.87. The Hall–Kier alpha value is -0.0800. The fourth-order valence-corrected chi connectivity index (χ4v) is 2.60. The molecule has 2 heteroatoms. The predicted octanol–water partition coefficient (Wildman–Crippen LogP) is 2.88. The van der Waals surface area contributed by atoms with Gasteiger partial charge in [0.2, 0.25) is 0 Å². The highest BCUT2D eigenvalue weighted by molar-refractivity contribution is 4.88. The molecule has 0 bridgehead atoms. The van der Waals surface area contributed by atoms with Gasteiger partial charge in [0.1, 0.15) is 0 Å². The molecule has 1 rings (SSSR count). The molecule has 0 aromatic heterocycles. The van der Waals surface area contributed by atoms with Crippen LogP contribution in [0, 0.1) is 5.92 Å². The lowest BCUT2D eigenvalue weighted by atomic mass is 10.1. The zero-order valence-corrected chi connectivity index (χ0v) is 11.8. The van der Waals surface area contributed by atoms with Crippen LogP contribution in [0.1, 0.15) is 53.9 Å². The van der Waals surface area contributed by atoms with Gasteiger partial charge in [0.25, 0.3) is 0 Å². The summed E-state index contributed by atoms with van der Waals surface area (Å²) in [6.07, 6.45) is 4.12. The molecule has 0 amide bonds. The topological polar surface area (TPSA) is 15.3 Å². The van der Waals surface area contributed by atoms with Gasteiger partial charge in [-0.1, -0.05) is 20.8 Å². The van der Waals surface area contributed by atoms with Crippen LogP contribution in [-0.2, 0) is 0 Å². The SMILES string of the molecule is CCNC(C)CC(C)N(CC(C)C)C1CC1. The third kappa shape index (κ3) is 4.84. The van der Waals surface area contributed by atoms with Crippen molar-refractivity contribution < 1.29 is 0 Å². The van der Waals surface area contributed by atoms with Crippen LogP contribution >= 0.6 is 0 Å². The standard InChI is InChI=1S/C14H30N2/c1-6-15-12(4)9-13(5)16(10-11(2)3)14-7-8-14/h11-15H,6-10H2,1-5H3. The number of rotatable bonds is 8. The lowest BCUT2D eigenvalue weighted by Gasteiger charge is -2.32. The van der Waals surface area contributed by atoms with Crippen molar-refractivity contribution in [2.45, 2.75) is 72.0 Å². The van der Waals surface area contributed by atoms with E-state index < -0.39 is 0 Å². The monoisotopic (exact) mass is 226 g/mol. The first-order valence-corrected chi connectivity index (χ1v) is 7.03. The first-order valence-electron chi connectivity index (χ1n) is 7.03. The molecule has 0 aliphatic heterocycles. The summed E-state index contributed by atoms with van der Waals surface area (Å²) in [5.74, 6) is 0.789. The number of nitrogens with one attached hydrogen (secondary N) is 1.